The maximum Gasteiger partial charge on any atom is 0.151 e. The number of hydrogen-bond donors (Lipinski definition) is 1. The highest BCUT2D eigenvalue weighted by atomic mass is 19.1. The van der Waals surface area contributed by atoms with Crippen molar-refractivity contribution in [3.63, 3.8) is 0 Å². The number of halogens is 1. The van der Waals surface area contributed by atoms with Crippen LogP contribution in [0.5, 0.6) is 0 Å². The molecule has 0 unspecified atom stereocenters. The van der Waals surface area contributed by atoms with E-state index in [0.717, 1.165) is 0 Å². The lowest BCUT2D eigenvalue weighted by molar-refractivity contribution is 0.631. The van der Waals surface area contributed by atoms with Gasteiger partial charge in [0, 0.05) is 6.20 Å². The van der Waals surface area contributed by atoms with E-state index in [1.165, 1.54) is 16.8 Å². The Morgan fingerprint density at radius 3 is 3.09 bits per heavy atom. The molecular formula is C7H6FN3. The summed E-state index contributed by atoms with van der Waals surface area (Å²) in [4.78, 5) is 0. The number of aromatic nitrogens is 2. The second kappa shape index (κ2) is 1.95. The average Bonchev–Trinajstić information content (AvgIpc) is 2.34. The van der Waals surface area contributed by atoms with Gasteiger partial charge in [-0.3, -0.25) is 0 Å². The topological polar surface area (TPSA) is 43.3 Å². The smallest absolute Gasteiger partial charge is 0.151 e. The lowest BCUT2D eigenvalue weighted by Crippen LogP contribution is -1.90. The monoisotopic (exact) mass is 151 g/mol. The third-order valence-electron chi connectivity index (χ3n) is 1.52. The first-order chi connectivity index (χ1) is 5.29. The van der Waals surface area contributed by atoms with Crippen LogP contribution in [-0.4, -0.2) is 9.61 Å². The molecule has 0 amide bonds. The zero-order valence-electron chi connectivity index (χ0n) is 5.66. The average molecular weight is 151 g/mol. The van der Waals surface area contributed by atoms with Crippen LogP contribution >= 0.6 is 0 Å². The van der Waals surface area contributed by atoms with Gasteiger partial charge in [0.25, 0.3) is 0 Å². The van der Waals surface area contributed by atoms with Crippen molar-refractivity contribution in [2.75, 3.05) is 5.73 Å². The number of nitrogen functional groups attached to an aromatic ring is 1. The maximum absolute atomic E-state index is 12.9. The third kappa shape index (κ3) is 0.756. The van der Waals surface area contributed by atoms with E-state index in [2.05, 4.69) is 5.10 Å². The highest BCUT2D eigenvalue weighted by Gasteiger charge is 2.03. The maximum atomic E-state index is 12.9. The quantitative estimate of drug-likeness (QED) is 0.611. The van der Waals surface area contributed by atoms with Crippen LogP contribution in [0.25, 0.3) is 5.52 Å². The van der Waals surface area contributed by atoms with Crippen LogP contribution in [0.15, 0.2) is 24.5 Å². The van der Waals surface area contributed by atoms with Gasteiger partial charge in [0.15, 0.2) is 5.82 Å². The van der Waals surface area contributed by atoms with Gasteiger partial charge in [0.2, 0.25) is 0 Å². The fraction of sp³-hybridized carbons (Fsp3) is 0. The molecule has 3 nitrogen and oxygen atoms in total. The van der Waals surface area contributed by atoms with E-state index in [4.69, 9.17) is 5.73 Å². The number of pyridine rings is 1. The Balaban J connectivity index is 2.96. The second-order valence-corrected chi connectivity index (χ2v) is 2.25. The zero-order valence-corrected chi connectivity index (χ0v) is 5.66. The van der Waals surface area contributed by atoms with Gasteiger partial charge < -0.3 is 5.73 Å². The van der Waals surface area contributed by atoms with Crippen LogP contribution in [0.3, 0.4) is 0 Å². The highest BCUT2D eigenvalue weighted by Crippen LogP contribution is 2.15. The summed E-state index contributed by atoms with van der Waals surface area (Å²) in [5.74, 6) is -0.345. The van der Waals surface area contributed by atoms with Crippen LogP contribution < -0.4 is 5.73 Å². The number of rotatable bonds is 0. The molecule has 0 fully saturated rings. The Kier molecular flexibility index (Phi) is 1.09. The Hall–Kier alpha value is -1.58. The highest BCUT2D eigenvalue weighted by molar-refractivity contribution is 5.68. The van der Waals surface area contributed by atoms with Crippen LogP contribution in [0.4, 0.5) is 10.1 Å². The molecule has 56 valence electrons. The molecule has 0 aliphatic heterocycles. The standard InChI is InChI=1S/C7H6FN3/c8-5-2-1-3-11-7(5)6(9)4-10-11/h1-4H,9H2. The SMILES string of the molecule is Nc1cnn2cccc(F)c12. The van der Waals surface area contributed by atoms with Crippen LogP contribution in [0.1, 0.15) is 0 Å². The molecule has 2 aromatic heterocycles. The van der Waals surface area contributed by atoms with Crippen molar-refractivity contribution in [3.8, 4) is 0 Å². The van der Waals surface area contributed by atoms with E-state index in [1.807, 2.05) is 0 Å². The number of fused-ring (bicyclic) bond motifs is 1. The van der Waals surface area contributed by atoms with Crippen LogP contribution in [-0.2, 0) is 0 Å². The van der Waals surface area contributed by atoms with E-state index < -0.39 is 0 Å². The summed E-state index contributed by atoms with van der Waals surface area (Å²) < 4.78 is 14.3. The molecule has 2 N–H and O–H groups in total. The molecule has 0 bridgehead atoms. The van der Waals surface area contributed by atoms with E-state index in [-0.39, 0.29) is 5.82 Å². The summed E-state index contributed by atoms with van der Waals surface area (Å²) in [6.45, 7) is 0. The Morgan fingerprint density at radius 1 is 1.55 bits per heavy atom. The first-order valence-corrected chi connectivity index (χ1v) is 3.16. The van der Waals surface area contributed by atoms with Crippen molar-refractivity contribution in [2.24, 2.45) is 0 Å². The Labute approximate surface area is 62.2 Å². The number of anilines is 1. The molecule has 0 aromatic carbocycles. The minimum absolute atomic E-state index is 0.340. The summed E-state index contributed by atoms with van der Waals surface area (Å²) >= 11 is 0. The molecule has 0 atom stereocenters. The van der Waals surface area contributed by atoms with Crippen molar-refractivity contribution in [3.05, 3.63) is 30.3 Å². The number of nitrogens with two attached hydrogens (primary N) is 1. The van der Waals surface area contributed by atoms with Crippen molar-refractivity contribution in [1.82, 2.24) is 9.61 Å². The molecule has 0 saturated carbocycles. The lowest BCUT2D eigenvalue weighted by atomic mass is 10.3. The summed E-state index contributed by atoms with van der Waals surface area (Å²) in [7, 11) is 0. The molecule has 2 heterocycles. The number of nitrogens with zero attached hydrogens (tertiary/aromatic N) is 2. The van der Waals surface area contributed by atoms with Gasteiger partial charge in [-0.25, -0.2) is 8.91 Å². The van der Waals surface area contributed by atoms with Crippen molar-refractivity contribution >= 4 is 11.2 Å². The Morgan fingerprint density at radius 2 is 2.36 bits per heavy atom. The van der Waals surface area contributed by atoms with Crippen LogP contribution in [0, 0.1) is 5.82 Å². The van der Waals surface area contributed by atoms with E-state index in [9.17, 15) is 4.39 Å². The van der Waals surface area contributed by atoms with Crippen LogP contribution in [0.2, 0.25) is 0 Å². The molecule has 0 aliphatic rings. The van der Waals surface area contributed by atoms with Gasteiger partial charge >= 0.3 is 0 Å². The third-order valence-corrected chi connectivity index (χ3v) is 1.52. The molecule has 2 aromatic rings. The van der Waals surface area contributed by atoms with Gasteiger partial charge in [0.1, 0.15) is 5.52 Å². The van der Waals surface area contributed by atoms with Crippen molar-refractivity contribution in [1.29, 1.82) is 0 Å². The van der Waals surface area contributed by atoms with Gasteiger partial charge in [-0.05, 0) is 12.1 Å². The van der Waals surface area contributed by atoms with E-state index in [1.54, 1.807) is 12.3 Å². The summed E-state index contributed by atoms with van der Waals surface area (Å²) in [6.07, 6.45) is 3.08. The van der Waals surface area contributed by atoms with Gasteiger partial charge in [-0.15, -0.1) is 0 Å². The van der Waals surface area contributed by atoms with Crippen molar-refractivity contribution in [2.45, 2.75) is 0 Å². The van der Waals surface area contributed by atoms with Gasteiger partial charge in [0.05, 0.1) is 11.9 Å². The van der Waals surface area contributed by atoms with Crippen molar-refractivity contribution < 1.29 is 4.39 Å². The summed E-state index contributed by atoms with van der Waals surface area (Å²) in [6, 6.07) is 2.93. The summed E-state index contributed by atoms with van der Waals surface area (Å²) in [5, 5.41) is 3.83. The molecule has 11 heavy (non-hydrogen) atoms. The minimum Gasteiger partial charge on any atom is -0.396 e. The molecule has 0 aliphatic carbocycles. The molecule has 0 radical (unpaired) electrons. The minimum atomic E-state index is -0.345. The molecular weight excluding hydrogens is 145 g/mol. The first kappa shape index (κ1) is 6.15. The molecule has 2 rings (SSSR count). The van der Waals surface area contributed by atoms with Gasteiger partial charge in [-0.2, -0.15) is 5.10 Å². The largest absolute Gasteiger partial charge is 0.396 e. The normalized spacial score (nSPS) is 10.6. The zero-order chi connectivity index (χ0) is 7.84. The number of hydrogen-bond acceptors (Lipinski definition) is 2. The second-order valence-electron chi connectivity index (χ2n) is 2.25. The lowest BCUT2D eigenvalue weighted by Gasteiger charge is -1.93. The molecule has 4 heteroatoms. The fourth-order valence-electron chi connectivity index (χ4n) is 1.02. The summed E-state index contributed by atoms with van der Waals surface area (Å²) in [5.41, 5.74) is 6.16. The fourth-order valence-corrected chi connectivity index (χ4v) is 1.02. The van der Waals surface area contributed by atoms with Gasteiger partial charge in [-0.1, -0.05) is 0 Å². The predicted molar refractivity (Wildman–Crippen MR) is 39.6 cm³/mol. The predicted octanol–water partition coefficient (Wildman–Crippen LogP) is 1.06. The Bertz CT molecular complexity index is 393. The van der Waals surface area contributed by atoms with E-state index >= 15 is 0 Å². The molecule has 0 saturated heterocycles. The molecule has 0 spiro atoms. The first-order valence-electron chi connectivity index (χ1n) is 3.16. The van der Waals surface area contributed by atoms with E-state index in [0.29, 0.717) is 11.2 Å².